The highest BCUT2D eigenvalue weighted by Gasteiger charge is 2.32. The zero-order valence-electron chi connectivity index (χ0n) is 22.8. The molecular weight excluding hydrogens is 546 g/mol. The molecule has 1 aromatic carbocycles. The molecule has 4 rings (SSSR count). The zero-order chi connectivity index (χ0) is 29.4. The van der Waals surface area contributed by atoms with Gasteiger partial charge in [-0.15, -0.1) is 11.6 Å². The number of aromatic nitrogens is 3. The van der Waals surface area contributed by atoms with Crippen LogP contribution in [0, 0.1) is 0 Å². The average molecular weight is 576 g/mol. The van der Waals surface area contributed by atoms with Crippen molar-refractivity contribution in [3.63, 3.8) is 0 Å². The van der Waals surface area contributed by atoms with Crippen molar-refractivity contribution >= 4 is 46.5 Å². The number of para-hydroxylation sites is 2. The fraction of sp³-hybridized carbons (Fsp3) is 0.207. The number of rotatable bonds is 10. The highest BCUT2D eigenvalue weighted by molar-refractivity contribution is 6.23. The first-order valence-electron chi connectivity index (χ1n) is 12.6. The number of hydrogen-bond donors (Lipinski definition) is 3. The Bertz CT molecular complexity index is 1480. The molecule has 3 aromatic rings. The van der Waals surface area contributed by atoms with Gasteiger partial charge in [-0.1, -0.05) is 24.8 Å². The molecule has 3 N–H and O–H groups in total. The normalized spacial score (nSPS) is 16.3. The lowest BCUT2D eigenvalue weighted by Gasteiger charge is -2.30. The molecule has 12 heteroatoms. The number of benzene rings is 1. The number of urea groups is 1. The number of amides is 3. The van der Waals surface area contributed by atoms with Crippen LogP contribution in [0.5, 0.6) is 0 Å². The minimum Gasteiger partial charge on any atom is -0.497 e. The predicted octanol–water partition coefficient (Wildman–Crippen LogP) is 4.90. The maximum atomic E-state index is 13.8. The summed E-state index contributed by atoms with van der Waals surface area (Å²) >= 11 is 6.70. The van der Waals surface area contributed by atoms with Gasteiger partial charge in [-0.25, -0.2) is 14.8 Å². The molecule has 11 nitrogen and oxygen atoms in total. The molecule has 2 aromatic heterocycles. The Hall–Kier alpha value is -4.74. The Morgan fingerprint density at radius 3 is 2.59 bits per heavy atom. The number of carbonyl (C=O) groups is 2. The van der Waals surface area contributed by atoms with Crippen LogP contribution < -0.4 is 20.9 Å². The maximum Gasteiger partial charge on any atom is 0.327 e. The first-order chi connectivity index (χ1) is 19.8. The summed E-state index contributed by atoms with van der Waals surface area (Å²) < 4.78 is 11.0. The summed E-state index contributed by atoms with van der Waals surface area (Å²) in [5, 5.41) is 8.22. The lowest BCUT2D eigenvalue weighted by Crippen LogP contribution is -2.44. The van der Waals surface area contributed by atoms with E-state index in [1.54, 1.807) is 55.9 Å². The third-order valence-corrected chi connectivity index (χ3v) is 6.72. The Labute approximate surface area is 243 Å². The molecule has 2 atom stereocenters. The highest BCUT2D eigenvalue weighted by atomic mass is 35.5. The second-order valence-corrected chi connectivity index (χ2v) is 9.35. The zero-order valence-corrected chi connectivity index (χ0v) is 23.6. The summed E-state index contributed by atoms with van der Waals surface area (Å²) in [7, 11) is 3.08. The van der Waals surface area contributed by atoms with Gasteiger partial charge < -0.3 is 25.4 Å². The quantitative estimate of drug-likeness (QED) is 0.230. The number of anilines is 4. The van der Waals surface area contributed by atoms with Crippen LogP contribution in [0.3, 0.4) is 0 Å². The van der Waals surface area contributed by atoms with Crippen LogP contribution in [-0.4, -0.2) is 52.6 Å². The third kappa shape index (κ3) is 7.07. The van der Waals surface area contributed by atoms with Crippen molar-refractivity contribution < 1.29 is 19.1 Å². The fourth-order valence-corrected chi connectivity index (χ4v) is 4.53. The topological polar surface area (TPSA) is 131 Å². The molecule has 0 saturated carbocycles. The third-order valence-electron chi connectivity index (χ3n) is 6.26. The number of nitrogens with one attached hydrogen (secondary N) is 3. The second-order valence-electron chi connectivity index (χ2n) is 8.88. The van der Waals surface area contributed by atoms with Crippen LogP contribution in [0.15, 0.2) is 96.9 Å². The van der Waals surface area contributed by atoms with Crippen molar-refractivity contribution in [2.75, 3.05) is 29.8 Å². The number of carbonyl (C=O) groups excluding carboxylic acids is 2. The van der Waals surface area contributed by atoms with Crippen LogP contribution in [0.25, 0.3) is 0 Å². The lowest BCUT2D eigenvalue weighted by molar-refractivity contribution is -0.111. The second kappa shape index (κ2) is 13.6. The smallest absolute Gasteiger partial charge is 0.327 e. The molecule has 212 valence electrons. The summed E-state index contributed by atoms with van der Waals surface area (Å²) in [5.74, 6) is 0.904. The number of hydrogen-bond acceptors (Lipinski definition) is 8. The van der Waals surface area contributed by atoms with Crippen LogP contribution in [0.4, 0.5) is 27.8 Å². The molecule has 0 aliphatic heterocycles. The summed E-state index contributed by atoms with van der Waals surface area (Å²) in [4.78, 5) is 40.0. The van der Waals surface area contributed by atoms with E-state index in [0.29, 0.717) is 40.0 Å². The van der Waals surface area contributed by atoms with E-state index in [1.807, 2.05) is 19.1 Å². The van der Waals surface area contributed by atoms with Gasteiger partial charge in [-0.2, -0.15) is 0 Å². The average Bonchev–Trinajstić information content (AvgIpc) is 2.99. The molecular formula is C29H30ClN7O4. The Morgan fingerprint density at radius 2 is 1.90 bits per heavy atom. The van der Waals surface area contributed by atoms with Gasteiger partial charge in [0, 0.05) is 36.8 Å². The number of nitrogens with zero attached hydrogens (tertiary/aromatic N) is 4. The van der Waals surface area contributed by atoms with E-state index < -0.39 is 17.5 Å². The number of halogens is 1. The standard InChI is InChI=1S/C29H30ClN7O4/c1-5-26(38)35-21-11-7-6-10-20(21)34-24-14-25(33-17-32-24)37(16-19-9-8-12-31-15-19)29(39)36-28-18(2)22(40-3)13-23(41-4)27(28)30/h5-15,17,23,27H,1,16H2,2-4H3,(H,35,38)(H,36,39)(H,32,33,34). The van der Waals surface area contributed by atoms with Gasteiger partial charge in [-0.05, 0) is 42.8 Å². The monoisotopic (exact) mass is 575 g/mol. The van der Waals surface area contributed by atoms with Gasteiger partial charge in [-0.3, -0.25) is 14.7 Å². The van der Waals surface area contributed by atoms with Gasteiger partial charge in [0.25, 0.3) is 0 Å². The molecule has 2 heterocycles. The van der Waals surface area contributed by atoms with Crippen molar-refractivity contribution in [3.05, 3.63) is 103 Å². The minimum atomic E-state index is -0.659. The van der Waals surface area contributed by atoms with E-state index in [-0.39, 0.29) is 12.5 Å². The lowest BCUT2D eigenvalue weighted by atomic mass is 9.99. The molecule has 0 radical (unpaired) electrons. The number of allylic oxidation sites excluding steroid dienone is 1. The van der Waals surface area contributed by atoms with E-state index >= 15 is 0 Å². The molecule has 0 bridgehead atoms. The summed E-state index contributed by atoms with van der Waals surface area (Å²) in [6, 6.07) is 11.9. The Balaban J connectivity index is 1.66. The van der Waals surface area contributed by atoms with Crippen molar-refractivity contribution in [1.29, 1.82) is 0 Å². The van der Waals surface area contributed by atoms with Crippen LogP contribution in [0.2, 0.25) is 0 Å². The van der Waals surface area contributed by atoms with Crippen LogP contribution in [0.1, 0.15) is 12.5 Å². The molecule has 3 amide bonds. The van der Waals surface area contributed by atoms with E-state index in [0.717, 1.165) is 5.56 Å². The maximum absolute atomic E-state index is 13.8. The summed E-state index contributed by atoms with van der Waals surface area (Å²) in [6.07, 6.45) is 7.11. The number of ether oxygens (including phenoxy) is 2. The van der Waals surface area contributed by atoms with Crippen LogP contribution >= 0.6 is 11.6 Å². The molecule has 0 saturated heterocycles. The van der Waals surface area contributed by atoms with Gasteiger partial charge in [0.05, 0.1) is 25.0 Å². The van der Waals surface area contributed by atoms with E-state index in [4.69, 9.17) is 21.1 Å². The number of methoxy groups -OCH3 is 2. The van der Waals surface area contributed by atoms with E-state index in [9.17, 15) is 9.59 Å². The fourth-order valence-electron chi connectivity index (χ4n) is 4.13. The SMILES string of the molecule is C=CC(=O)Nc1ccccc1Nc1cc(N(Cc2cccnc2)C(=O)NC2=C(C)C(OC)=CC(OC)C2Cl)ncn1. The van der Waals surface area contributed by atoms with Crippen molar-refractivity contribution in [3.8, 4) is 0 Å². The molecule has 2 unspecified atom stereocenters. The molecule has 0 spiro atoms. The molecule has 1 aliphatic carbocycles. The van der Waals surface area contributed by atoms with Gasteiger partial charge >= 0.3 is 6.03 Å². The van der Waals surface area contributed by atoms with Crippen molar-refractivity contribution in [2.45, 2.75) is 24.9 Å². The first kappa shape index (κ1) is 29.2. The Morgan fingerprint density at radius 1 is 1.12 bits per heavy atom. The largest absolute Gasteiger partial charge is 0.497 e. The summed E-state index contributed by atoms with van der Waals surface area (Å²) in [5.41, 5.74) is 3.03. The number of alkyl halides is 1. The van der Waals surface area contributed by atoms with Gasteiger partial charge in [0.1, 0.15) is 35.2 Å². The van der Waals surface area contributed by atoms with Crippen molar-refractivity contribution in [1.82, 2.24) is 20.3 Å². The van der Waals surface area contributed by atoms with Crippen LogP contribution in [-0.2, 0) is 20.8 Å². The van der Waals surface area contributed by atoms with Crippen molar-refractivity contribution in [2.24, 2.45) is 0 Å². The summed E-state index contributed by atoms with van der Waals surface area (Å²) in [6.45, 7) is 5.46. The number of pyridine rings is 1. The van der Waals surface area contributed by atoms with E-state index in [2.05, 4.69) is 37.5 Å². The molecule has 1 aliphatic rings. The molecule has 0 fully saturated rings. The predicted molar refractivity (Wildman–Crippen MR) is 158 cm³/mol. The van der Waals surface area contributed by atoms with Gasteiger partial charge in [0.2, 0.25) is 5.91 Å². The highest BCUT2D eigenvalue weighted by Crippen LogP contribution is 2.30. The first-order valence-corrected chi connectivity index (χ1v) is 13.0. The minimum absolute atomic E-state index is 0.155. The van der Waals surface area contributed by atoms with E-state index in [1.165, 1.54) is 24.4 Å². The Kier molecular flexibility index (Phi) is 9.67. The van der Waals surface area contributed by atoms with Gasteiger partial charge in [0.15, 0.2) is 0 Å². The molecule has 41 heavy (non-hydrogen) atoms.